The predicted molar refractivity (Wildman–Crippen MR) is 114 cm³/mol. The molecule has 1 unspecified atom stereocenters. The van der Waals surface area contributed by atoms with Crippen molar-refractivity contribution in [2.75, 3.05) is 11.9 Å². The molecule has 2 fully saturated rings. The number of carbonyl (C=O) groups excluding carboxylic acids is 2. The Morgan fingerprint density at radius 1 is 1.29 bits per heavy atom. The van der Waals surface area contributed by atoms with E-state index in [2.05, 4.69) is 22.1 Å². The Bertz CT molecular complexity index is 669. The average Bonchev–Trinajstić information content (AvgIpc) is 3.05. The molecule has 1 atom stereocenters. The van der Waals surface area contributed by atoms with Crippen LogP contribution >= 0.6 is 23.1 Å². The van der Waals surface area contributed by atoms with Crippen molar-refractivity contribution >= 4 is 40.2 Å². The number of amides is 2. The van der Waals surface area contributed by atoms with E-state index in [1.54, 1.807) is 13.1 Å². The first-order chi connectivity index (χ1) is 13.5. The summed E-state index contributed by atoms with van der Waals surface area (Å²) < 4.78 is 5.95. The Morgan fingerprint density at radius 3 is 2.57 bits per heavy atom. The van der Waals surface area contributed by atoms with Crippen LogP contribution in [0.4, 0.5) is 9.93 Å². The second kappa shape index (κ2) is 9.96. The smallest absolute Gasteiger partial charge is 0.324 e. The van der Waals surface area contributed by atoms with Crippen LogP contribution in [0.15, 0.2) is 10.4 Å². The molecule has 3 rings (SSSR count). The fourth-order valence-electron chi connectivity index (χ4n) is 3.82. The van der Waals surface area contributed by atoms with E-state index < -0.39 is 0 Å². The van der Waals surface area contributed by atoms with Gasteiger partial charge in [0.2, 0.25) is 0 Å². The standard InChI is InChI=1S/C20H31N3O3S2/c1-4-26-18(24)14(3)27-17-12-21-19(28-17)22-20(25)23(15-6-5-7-15)16-10-8-13(2)9-11-16/h12-16H,4-11H2,1-3H3,(H,21,22,25)/t13-,14?,16-. The highest BCUT2D eigenvalue weighted by Crippen LogP contribution is 2.35. The summed E-state index contributed by atoms with van der Waals surface area (Å²) in [6.07, 6.45) is 9.74. The van der Waals surface area contributed by atoms with Crippen LogP contribution in [0.2, 0.25) is 0 Å². The number of nitrogens with one attached hydrogen (secondary N) is 1. The van der Waals surface area contributed by atoms with Crippen LogP contribution in [0.3, 0.4) is 0 Å². The maximum absolute atomic E-state index is 13.1. The summed E-state index contributed by atoms with van der Waals surface area (Å²) in [5.41, 5.74) is 0. The zero-order valence-electron chi connectivity index (χ0n) is 17.0. The number of rotatable bonds is 7. The highest BCUT2D eigenvalue weighted by Gasteiger charge is 2.36. The van der Waals surface area contributed by atoms with Gasteiger partial charge in [-0.3, -0.25) is 10.1 Å². The number of carbonyl (C=O) groups is 2. The van der Waals surface area contributed by atoms with E-state index in [9.17, 15) is 9.59 Å². The van der Waals surface area contributed by atoms with Gasteiger partial charge in [-0.1, -0.05) is 30.0 Å². The largest absolute Gasteiger partial charge is 0.465 e. The predicted octanol–water partition coefficient (Wildman–Crippen LogP) is 5.15. The van der Waals surface area contributed by atoms with Crippen LogP contribution in [-0.4, -0.2) is 45.8 Å². The van der Waals surface area contributed by atoms with E-state index in [1.807, 2.05) is 6.92 Å². The van der Waals surface area contributed by atoms with Crippen LogP contribution < -0.4 is 5.32 Å². The van der Waals surface area contributed by atoms with Crippen molar-refractivity contribution in [3.8, 4) is 0 Å². The van der Waals surface area contributed by atoms with Gasteiger partial charge in [0.15, 0.2) is 5.13 Å². The number of urea groups is 1. The summed E-state index contributed by atoms with van der Waals surface area (Å²) >= 11 is 2.83. The van der Waals surface area contributed by atoms with Gasteiger partial charge in [-0.2, -0.15) is 0 Å². The van der Waals surface area contributed by atoms with Crippen LogP contribution in [0, 0.1) is 5.92 Å². The molecule has 0 radical (unpaired) electrons. The lowest BCUT2D eigenvalue weighted by Gasteiger charge is -2.44. The Balaban J connectivity index is 1.59. The Morgan fingerprint density at radius 2 is 1.96 bits per heavy atom. The summed E-state index contributed by atoms with van der Waals surface area (Å²) in [5.74, 6) is 0.539. The van der Waals surface area contributed by atoms with Gasteiger partial charge >= 0.3 is 12.0 Å². The molecule has 0 bridgehead atoms. The van der Waals surface area contributed by atoms with Crippen LogP contribution in [0.1, 0.15) is 65.7 Å². The Kier molecular flexibility index (Phi) is 7.62. The molecule has 2 saturated carbocycles. The molecule has 1 heterocycles. The zero-order chi connectivity index (χ0) is 20.1. The quantitative estimate of drug-likeness (QED) is 0.483. The van der Waals surface area contributed by atoms with E-state index in [-0.39, 0.29) is 17.3 Å². The van der Waals surface area contributed by atoms with E-state index in [1.165, 1.54) is 42.4 Å². The maximum atomic E-state index is 13.1. The van der Waals surface area contributed by atoms with E-state index >= 15 is 0 Å². The number of esters is 1. The number of anilines is 1. The van der Waals surface area contributed by atoms with Crippen molar-refractivity contribution in [1.82, 2.24) is 9.88 Å². The molecule has 1 aromatic heterocycles. The first-order valence-corrected chi connectivity index (χ1v) is 12.1. The molecule has 28 heavy (non-hydrogen) atoms. The molecular formula is C20H31N3O3S2. The maximum Gasteiger partial charge on any atom is 0.324 e. The molecule has 1 N–H and O–H groups in total. The number of nitrogens with zero attached hydrogens (tertiary/aromatic N) is 2. The van der Waals surface area contributed by atoms with Gasteiger partial charge in [0.25, 0.3) is 0 Å². The van der Waals surface area contributed by atoms with Crippen LogP contribution in [0.5, 0.6) is 0 Å². The molecule has 8 heteroatoms. The van der Waals surface area contributed by atoms with Crippen LogP contribution in [-0.2, 0) is 9.53 Å². The van der Waals surface area contributed by atoms with Gasteiger partial charge in [-0.05, 0) is 64.7 Å². The number of ether oxygens (including phenoxy) is 1. The van der Waals surface area contributed by atoms with Gasteiger partial charge in [0.05, 0.1) is 17.0 Å². The number of hydrogen-bond acceptors (Lipinski definition) is 6. The highest BCUT2D eigenvalue weighted by molar-refractivity contribution is 8.02. The van der Waals surface area contributed by atoms with Crippen molar-refractivity contribution < 1.29 is 14.3 Å². The first kappa shape index (κ1) is 21.4. The fraction of sp³-hybridized carbons (Fsp3) is 0.750. The van der Waals surface area contributed by atoms with Gasteiger partial charge in [0, 0.05) is 12.1 Å². The SMILES string of the molecule is CCOC(=O)C(C)Sc1cnc(NC(=O)N(C2CCC2)[C@H]2CC[C@H](C)CC2)s1. The first-order valence-electron chi connectivity index (χ1n) is 10.4. The number of aromatic nitrogens is 1. The van der Waals surface area contributed by atoms with Crippen LogP contribution in [0.25, 0.3) is 0 Å². The van der Waals surface area contributed by atoms with E-state index in [0.29, 0.717) is 23.8 Å². The zero-order valence-corrected chi connectivity index (χ0v) is 18.6. The molecule has 156 valence electrons. The Hall–Kier alpha value is -1.28. The molecule has 2 aliphatic carbocycles. The van der Waals surface area contributed by atoms with Gasteiger partial charge in [-0.15, -0.1) is 0 Å². The normalized spacial score (nSPS) is 23.5. The molecular weight excluding hydrogens is 394 g/mol. The lowest BCUT2D eigenvalue weighted by molar-refractivity contribution is -0.142. The second-order valence-corrected chi connectivity index (χ2v) is 10.5. The minimum Gasteiger partial charge on any atom is -0.465 e. The van der Waals surface area contributed by atoms with Crippen molar-refractivity contribution in [3.05, 3.63) is 6.20 Å². The van der Waals surface area contributed by atoms with E-state index in [4.69, 9.17) is 4.74 Å². The lowest BCUT2D eigenvalue weighted by atomic mass is 9.83. The summed E-state index contributed by atoms with van der Waals surface area (Å²) in [5, 5.41) is 3.32. The third-order valence-corrected chi connectivity index (χ3v) is 7.82. The number of thiazole rings is 1. The third kappa shape index (κ3) is 5.41. The van der Waals surface area contributed by atoms with Gasteiger partial charge in [0.1, 0.15) is 5.25 Å². The van der Waals surface area contributed by atoms with Crippen molar-refractivity contribution in [2.24, 2.45) is 5.92 Å². The molecule has 6 nitrogen and oxygen atoms in total. The lowest BCUT2D eigenvalue weighted by Crippen LogP contribution is -2.52. The minimum absolute atomic E-state index is 0.0198. The van der Waals surface area contributed by atoms with E-state index in [0.717, 1.165) is 35.8 Å². The topological polar surface area (TPSA) is 71.5 Å². The van der Waals surface area contributed by atoms with Crippen molar-refractivity contribution in [3.63, 3.8) is 0 Å². The summed E-state index contributed by atoms with van der Waals surface area (Å²) in [7, 11) is 0. The molecule has 1 aromatic rings. The Labute approximate surface area is 175 Å². The molecule has 2 aliphatic rings. The molecule has 0 aliphatic heterocycles. The van der Waals surface area contributed by atoms with Gasteiger partial charge < -0.3 is 9.64 Å². The van der Waals surface area contributed by atoms with Gasteiger partial charge in [-0.25, -0.2) is 9.78 Å². The fourth-order valence-corrected chi connectivity index (χ4v) is 5.85. The summed E-state index contributed by atoms with van der Waals surface area (Å²) in [4.78, 5) is 31.3. The second-order valence-electron chi connectivity index (χ2n) is 7.83. The minimum atomic E-state index is -0.292. The summed E-state index contributed by atoms with van der Waals surface area (Å²) in [6.45, 7) is 6.31. The average molecular weight is 426 g/mol. The monoisotopic (exact) mass is 425 g/mol. The molecule has 0 aromatic carbocycles. The number of hydrogen-bond donors (Lipinski definition) is 1. The number of thioether (sulfide) groups is 1. The molecule has 0 saturated heterocycles. The highest BCUT2D eigenvalue weighted by atomic mass is 32.2. The summed E-state index contributed by atoms with van der Waals surface area (Å²) in [6, 6.07) is 0.698. The third-order valence-electron chi connectivity index (χ3n) is 5.69. The molecule has 0 spiro atoms. The van der Waals surface area contributed by atoms with Crippen molar-refractivity contribution in [2.45, 2.75) is 87.3 Å². The van der Waals surface area contributed by atoms with Crippen molar-refractivity contribution in [1.29, 1.82) is 0 Å². The molecule has 2 amide bonds.